The van der Waals surface area contributed by atoms with Gasteiger partial charge in [0.25, 0.3) is 0 Å². The van der Waals surface area contributed by atoms with Crippen molar-refractivity contribution in [3.8, 4) is 0 Å². The fourth-order valence-corrected chi connectivity index (χ4v) is 3.42. The number of rotatable bonds is 6. The molecule has 1 amide bonds. The van der Waals surface area contributed by atoms with Gasteiger partial charge in [-0.3, -0.25) is 4.79 Å². The van der Waals surface area contributed by atoms with Gasteiger partial charge in [-0.1, -0.05) is 72.3 Å². The zero-order valence-corrected chi connectivity index (χ0v) is 15.3. The van der Waals surface area contributed by atoms with Gasteiger partial charge in [0, 0.05) is 17.9 Å². The highest BCUT2D eigenvalue weighted by Gasteiger charge is 2.13. The van der Waals surface area contributed by atoms with Crippen molar-refractivity contribution < 1.29 is 4.79 Å². The maximum absolute atomic E-state index is 12.2. The minimum absolute atomic E-state index is 0.0504. The van der Waals surface area contributed by atoms with Gasteiger partial charge in [0.1, 0.15) is 5.01 Å². The molecule has 0 aliphatic carbocycles. The summed E-state index contributed by atoms with van der Waals surface area (Å²) in [5.41, 5.74) is 2.26. The van der Waals surface area contributed by atoms with Crippen molar-refractivity contribution in [1.82, 2.24) is 10.2 Å². The van der Waals surface area contributed by atoms with Gasteiger partial charge in [-0.2, -0.15) is 0 Å². The summed E-state index contributed by atoms with van der Waals surface area (Å²) in [4.78, 5) is 12.2. The summed E-state index contributed by atoms with van der Waals surface area (Å²) < 4.78 is 0. The molecule has 0 radical (unpaired) electrons. The maximum Gasteiger partial charge on any atom is 0.226 e. The molecule has 0 aliphatic rings. The van der Waals surface area contributed by atoms with Crippen LogP contribution in [0.3, 0.4) is 0 Å². The molecule has 0 saturated carbocycles. The first-order valence-electron chi connectivity index (χ1n) is 8.02. The van der Waals surface area contributed by atoms with Crippen LogP contribution in [0.1, 0.15) is 35.4 Å². The first-order valence-corrected chi connectivity index (χ1v) is 9.21. The lowest BCUT2D eigenvalue weighted by Crippen LogP contribution is -2.14. The molecule has 1 N–H and O–H groups in total. The summed E-state index contributed by atoms with van der Waals surface area (Å²) >= 11 is 7.28. The van der Waals surface area contributed by atoms with Crippen LogP contribution in [0.5, 0.6) is 0 Å². The average Bonchev–Trinajstić information content (AvgIpc) is 3.04. The Balaban J connectivity index is 1.55. The number of carbonyl (C=O) groups excluding carboxylic acids is 1. The molecule has 3 aromatic rings. The minimum atomic E-state index is -0.0504. The Bertz CT molecular complexity index is 833. The van der Waals surface area contributed by atoms with Gasteiger partial charge >= 0.3 is 0 Å². The molecular formula is C19H18ClN3OS. The summed E-state index contributed by atoms with van der Waals surface area (Å²) in [6, 6.07) is 17.6. The Morgan fingerprint density at radius 1 is 1.12 bits per heavy atom. The Morgan fingerprint density at radius 2 is 1.84 bits per heavy atom. The molecule has 0 bridgehead atoms. The summed E-state index contributed by atoms with van der Waals surface area (Å²) in [5.74, 6) is 0.105. The van der Waals surface area contributed by atoms with Gasteiger partial charge in [-0.25, -0.2) is 0 Å². The predicted molar refractivity (Wildman–Crippen MR) is 102 cm³/mol. The highest BCUT2D eigenvalue weighted by atomic mass is 35.5. The van der Waals surface area contributed by atoms with Crippen LogP contribution in [-0.2, 0) is 11.2 Å². The van der Waals surface area contributed by atoms with Gasteiger partial charge in [-0.15, -0.1) is 10.2 Å². The van der Waals surface area contributed by atoms with Crippen molar-refractivity contribution in [3.63, 3.8) is 0 Å². The fraction of sp³-hybridized carbons (Fsp3) is 0.211. The number of anilines is 1. The molecule has 0 saturated heterocycles. The molecule has 0 fully saturated rings. The normalized spacial score (nSPS) is 11.9. The molecular weight excluding hydrogens is 354 g/mol. The number of benzene rings is 2. The first kappa shape index (κ1) is 17.6. The van der Waals surface area contributed by atoms with Crippen LogP contribution >= 0.6 is 22.9 Å². The highest BCUT2D eigenvalue weighted by molar-refractivity contribution is 7.15. The van der Waals surface area contributed by atoms with Crippen LogP contribution in [-0.4, -0.2) is 16.1 Å². The van der Waals surface area contributed by atoms with E-state index in [9.17, 15) is 4.79 Å². The molecule has 3 rings (SSSR count). The Hall–Kier alpha value is -2.24. The Kier molecular flexibility index (Phi) is 5.79. The van der Waals surface area contributed by atoms with Crippen molar-refractivity contribution in [2.24, 2.45) is 0 Å². The monoisotopic (exact) mass is 371 g/mol. The van der Waals surface area contributed by atoms with E-state index in [1.807, 2.05) is 61.5 Å². The number of nitrogens with zero attached hydrogens (tertiary/aromatic N) is 2. The van der Waals surface area contributed by atoms with Crippen LogP contribution in [0, 0.1) is 0 Å². The molecule has 128 valence electrons. The van der Waals surface area contributed by atoms with E-state index in [0.29, 0.717) is 23.0 Å². The second-order valence-electron chi connectivity index (χ2n) is 5.87. The minimum Gasteiger partial charge on any atom is -0.301 e. The number of carbonyl (C=O) groups is 1. The Morgan fingerprint density at radius 3 is 2.56 bits per heavy atom. The zero-order valence-electron chi connectivity index (χ0n) is 13.8. The molecule has 1 aromatic heterocycles. The molecule has 0 spiro atoms. The van der Waals surface area contributed by atoms with Gasteiger partial charge < -0.3 is 5.32 Å². The van der Waals surface area contributed by atoms with Crippen molar-refractivity contribution in [1.29, 1.82) is 0 Å². The largest absolute Gasteiger partial charge is 0.301 e. The third kappa shape index (κ3) is 5.11. The molecule has 6 heteroatoms. The van der Waals surface area contributed by atoms with Crippen LogP contribution in [0.25, 0.3) is 0 Å². The lowest BCUT2D eigenvalue weighted by molar-refractivity contribution is -0.116. The van der Waals surface area contributed by atoms with Gasteiger partial charge in [-0.05, 0) is 29.2 Å². The summed E-state index contributed by atoms with van der Waals surface area (Å²) in [5, 5.41) is 13.1. The van der Waals surface area contributed by atoms with E-state index in [1.165, 1.54) is 11.3 Å². The molecule has 25 heavy (non-hydrogen) atoms. The summed E-state index contributed by atoms with van der Waals surface area (Å²) in [6.07, 6.45) is 1.08. The SMILES string of the molecule is C[C@H](CC(=O)Nc1nnc(Cc2ccc(Cl)cc2)s1)c1ccccc1. The maximum atomic E-state index is 12.2. The zero-order chi connectivity index (χ0) is 17.6. The van der Waals surface area contributed by atoms with Crippen LogP contribution in [0.4, 0.5) is 5.13 Å². The lowest BCUT2D eigenvalue weighted by atomic mass is 9.98. The topological polar surface area (TPSA) is 54.9 Å². The molecule has 1 heterocycles. The van der Waals surface area contributed by atoms with E-state index in [-0.39, 0.29) is 11.8 Å². The number of amides is 1. The second kappa shape index (κ2) is 8.23. The molecule has 0 unspecified atom stereocenters. The van der Waals surface area contributed by atoms with E-state index >= 15 is 0 Å². The number of nitrogens with one attached hydrogen (secondary N) is 1. The third-order valence-corrected chi connectivity index (χ3v) is 4.93. The quantitative estimate of drug-likeness (QED) is 0.669. The van der Waals surface area contributed by atoms with Crippen LogP contribution in [0.2, 0.25) is 5.02 Å². The standard InChI is InChI=1S/C19H18ClN3OS/c1-13(15-5-3-2-4-6-15)11-17(24)21-19-23-22-18(25-19)12-14-7-9-16(20)10-8-14/h2-10,13H,11-12H2,1H3,(H,21,23,24)/t13-/m1/s1. The van der Waals surface area contributed by atoms with Crippen molar-refractivity contribution >= 4 is 34.0 Å². The highest BCUT2D eigenvalue weighted by Crippen LogP contribution is 2.22. The molecule has 2 aromatic carbocycles. The van der Waals surface area contributed by atoms with Gasteiger partial charge in [0.15, 0.2) is 0 Å². The number of aromatic nitrogens is 2. The summed E-state index contributed by atoms with van der Waals surface area (Å²) in [6.45, 7) is 2.04. The fourth-order valence-electron chi connectivity index (χ4n) is 2.50. The van der Waals surface area contributed by atoms with E-state index in [4.69, 9.17) is 11.6 Å². The van der Waals surface area contributed by atoms with Crippen LogP contribution in [0.15, 0.2) is 54.6 Å². The van der Waals surface area contributed by atoms with Gasteiger partial charge in [0.05, 0.1) is 0 Å². The van der Waals surface area contributed by atoms with Crippen molar-refractivity contribution in [2.45, 2.75) is 25.7 Å². The van der Waals surface area contributed by atoms with Gasteiger partial charge in [0.2, 0.25) is 11.0 Å². The van der Waals surface area contributed by atoms with E-state index in [1.54, 1.807) is 0 Å². The number of hydrogen-bond donors (Lipinski definition) is 1. The molecule has 0 aliphatic heterocycles. The van der Waals surface area contributed by atoms with Crippen LogP contribution < -0.4 is 5.32 Å². The van der Waals surface area contributed by atoms with E-state index in [0.717, 1.165) is 16.1 Å². The smallest absolute Gasteiger partial charge is 0.226 e. The second-order valence-corrected chi connectivity index (χ2v) is 7.37. The third-order valence-electron chi connectivity index (χ3n) is 3.84. The molecule has 4 nitrogen and oxygen atoms in total. The average molecular weight is 372 g/mol. The Labute approximate surface area is 155 Å². The summed E-state index contributed by atoms with van der Waals surface area (Å²) in [7, 11) is 0. The van der Waals surface area contributed by atoms with E-state index in [2.05, 4.69) is 15.5 Å². The first-order chi connectivity index (χ1) is 12.1. The molecule has 1 atom stereocenters. The lowest BCUT2D eigenvalue weighted by Gasteiger charge is -2.10. The number of halogens is 1. The predicted octanol–water partition coefficient (Wildman–Crippen LogP) is 4.91. The van der Waals surface area contributed by atoms with E-state index < -0.39 is 0 Å². The van der Waals surface area contributed by atoms with Crippen molar-refractivity contribution in [2.75, 3.05) is 5.32 Å². The number of hydrogen-bond acceptors (Lipinski definition) is 4. The van der Waals surface area contributed by atoms with Crippen molar-refractivity contribution in [3.05, 3.63) is 75.8 Å².